The van der Waals surface area contributed by atoms with Gasteiger partial charge in [-0.2, -0.15) is 0 Å². The van der Waals surface area contributed by atoms with Crippen LogP contribution in [0, 0.1) is 5.92 Å². The Balaban J connectivity index is 1.69. The lowest BCUT2D eigenvalue weighted by molar-refractivity contribution is -0.147. The standard InChI is InChI=1S/C11H18N2O4/c14-9(11(16)17)3-4-12-10(15)7-5-6-1-2-8(7)13-6/h6-9,13-14H,1-5H2,(H,12,15)(H,16,17)/t6?,7?,8?,9-/m0/s1. The summed E-state index contributed by atoms with van der Waals surface area (Å²) in [5.74, 6) is -1.26. The maximum absolute atomic E-state index is 11.8. The Hall–Kier alpha value is -1.14. The van der Waals surface area contributed by atoms with Gasteiger partial charge >= 0.3 is 5.97 Å². The molecule has 4 N–H and O–H groups in total. The highest BCUT2D eigenvalue weighted by molar-refractivity contribution is 5.80. The molecule has 0 spiro atoms. The van der Waals surface area contributed by atoms with Crippen molar-refractivity contribution < 1.29 is 19.8 Å². The molecule has 0 radical (unpaired) electrons. The van der Waals surface area contributed by atoms with Crippen molar-refractivity contribution in [3.8, 4) is 0 Å². The highest BCUT2D eigenvalue weighted by Crippen LogP contribution is 2.33. The molecule has 17 heavy (non-hydrogen) atoms. The monoisotopic (exact) mass is 242 g/mol. The van der Waals surface area contributed by atoms with Gasteiger partial charge in [-0.25, -0.2) is 4.79 Å². The summed E-state index contributed by atoms with van der Waals surface area (Å²) in [5.41, 5.74) is 0. The summed E-state index contributed by atoms with van der Waals surface area (Å²) >= 11 is 0. The number of carboxylic acids is 1. The van der Waals surface area contributed by atoms with E-state index in [0.29, 0.717) is 6.04 Å². The van der Waals surface area contributed by atoms with Crippen LogP contribution in [-0.4, -0.2) is 46.8 Å². The summed E-state index contributed by atoms with van der Waals surface area (Å²) in [6.07, 6.45) is 1.72. The predicted molar refractivity (Wildman–Crippen MR) is 59.3 cm³/mol. The van der Waals surface area contributed by atoms with Crippen LogP contribution < -0.4 is 10.6 Å². The first kappa shape index (κ1) is 12.3. The molecule has 0 aromatic carbocycles. The number of nitrogens with one attached hydrogen (secondary N) is 2. The van der Waals surface area contributed by atoms with Crippen LogP contribution >= 0.6 is 0 Å². The fourth-order valence-corrected chi connectivity index (χ4v) is 2.70. The second-order valence-electron chi connectivity index (χ2n) is 4.82. The van der Waals surface area contributed by atoms with Gasteiger partial charge in [0.1, 0.15) is 0 Å². The minimum atomic E-state index is -1.39. The van der Waals surface area contributed by atoms with E-state index in [1.54, 1.807) is 0 Å². The Morgan fingerprint density at radius 2 is 2.18 bits per heavy atom. The fourth-order valence-electron chi connectivity index (χ4n) is 2.70. The Morgan fingerprint density at radius 3 is 2.71 bits per heavy atom. The second-order valence-corrected chi connectivity index (χ2v) is 4.82. The van der Waals surface area contributed by atoms with Gasteiger partial charge in [0, 0.05) is 25.0 Å². The normalized spacial score (nSPS) is 32.4. The molecule has 0 saturated carbocycles. The van der Waals surface area contributed by atoms with Crippen molar-refractivity contribution in [1.82, 2.24) is 10.6 Å². The summed E-state index contributed by atoms with van der Waals surface area (Å²) in [6, 6.07) is 0.754. The van der Waals surface area contributed by atoms with Crippen molar-refractivity contribution in [2.45, 2.75) is 43.9 Å². The molecule has 2 aliphatic heterocycles. The average molecular weight is 242 g/mol. The van der Waals surface area contributed by atoms with Gasteiger partial charge in [-0.15, -0.1) is 0 Å². The van der Waals surface area contributed by atoms with Gasteiger partial charge in [-0.05, 0) is 19.3 Å². The number of aliphatic carboxylic acids is 1. The third-order valence-corrected chi connectivity index (χ3v) is 3.64. The Kier molecular flexibility index (Phi) is 3.63. The zero-order chi connectivity index (χ0) is 12.4. The molecule has 96 valence electrons. The molecular formula is C11H18N2O4. The molecule has 0 aromatic heterocycles. The molecule has 1 amide bonds. The minimum Gasteiger partial charge on any atom is -0.479 e. The van der Waals surface area contributed by atoms with Crippen molar-refractivity contribution in [3.63, 3.8) is 0 Å². The fraction of sp³-hybridized carbons (Fsp3) is 0.818. The lowest BCUT2D eigenvalue weighted by Crippen LogP contribution is -2.39. The van der Waals surface area contributed by atoms with E-state index in [9.17, 15) is 9.59 Å². The number of aliphatic hydroxyl groups is 1. The molecule has 2 fully saturated rings. The predicted octanol–water partition coefficient (Wildman–Crippen LogP) is -0.921. The molecule has 3 unspecified atom stereocenters. The van der Waals surface area contributed by atoms with Crippen molar-refractivity contribution in [1.29, 1.82) is 0 Å². The molecule has 2 rings (SSSR count). The van der Waals surface area contributed by atoms with E-state index in [1.165, 1.54) is 0 Å². The highest BCUT2D eigenvalue weighted by atomic mass is 16.4. The molecule has 0 aromatic rings. The third-order valence-electron chi connectivity index (χ3n) is 3.64. The quantitative estimate of drug-likeness (QED) is 0.500. The summed E-state index contributed by atoms with van der Waals surface area (Å²) in [4.78, 5) is 22.2. The van der Waals surface area contributed by atoms with Crippen molar-refractivity contribution in [2.75, 3.05) is 6.54 Å². The van der Waals surface area contributed by atoms with Gasteiger partial charge in [0.2, 0.25) is 5.91 Å². The first-order valence-corrected chi connectivity index (χ1v) is 6.02. The van der Waals surface area contributed by atoms with Crippen LogP contribution in [-0.2, 0) is 9.59 Å². The Morgan fingerprint density at radius 1 is 1.41 bits per heavy atom. The van der Waals surface area contributed by atoms with Crippen LogP contribution in [0.3, 0.4) is 0 Å². The van der Waals surface area contributed by atoms with Crippen LogP contribution in [0.2, 0.25) is 0 Å². The average Bonchev–Trinajstić information content (AvgIpc) is 2.90. The second kappa shape index (κ2) is 5.01. The molecule has 6 heteroatoms. The van der Waals surface area contributed by atoms with Crippen molar-refractivity contribution in [2.24, 2.45) is 5.92 Å². The largest absolute Gasteiger partial charge is 0.479 e. The van der Waals surface area contributed by atoms with Crippen LogP contribution in [0.25, 0.3) is 0 Å². The third kappa shape index (κ3) is 2.76. The zero-order valence-electron chi connectivity index (χ0n) is 9.56. The maximum atomic E-state index is 11.8. The summed E-state index contributed by atoms with van der Waals surface area (Å²) in [5, 5.41) is 23.6. The smallest absolute Gasteiger partial charge is 0.332 e. The van der Waals surface area contributed by atoms with Gasteiger partial charge in [0.15, 0.2) is 6.10 Å². The lowest BCUT2D eigenvalue weighted by Gasteiger charge is -2.19. The number of aliphatic hydroxyl groups excluding tert-OH is 1. The van der Waals surface area contributed by atoms with E-state index in [-0.39, 0.29) is 30.8 Å². The first-order chi connectivity index (χ1) is 8.08. The van der Waals surface area contributed by atoms with E-state index in [2.05, 4.69) is 10.6 Å². The number of amides is 1. The summed E-state index contributed by atoms with van der Waals surface area (Å²) in [7, 11) is 0. The zero-order valence-corrected chi connectivity index (χ0v) is 9.56. The van der Waals surface area contributed by atoms with Crippen LogP contribution in [0.4, 0.5) is 0 Å². The summed E-state index contributed by atoms with van der Waals surface area (Å²) < 4.78 is 0. The molecule has 2 heterocycles. The number of carbonyl (C=O) groups excluding carboxylic acids is 1. The molecule has 2 bridgehead atoms. The van der Waals surface area contributed by atoms with E-state index in [0.717, 1.165) is 19.3 Å². The van der Waals surface area contributed by atoms with Crippen LogP contribution in [0.15, 0.2) is 0 Å². The maximum Gasteiger partial charge on any atom is 0.332 e. The Bertz CT molecular complexity index is 321. The van der Waals surface area contributed by atoms with Crippen molar-refractivity contribution in [3.05, 3.63) is 0 Å². The molecule has 2 saturated heterocycles. The SMILES string of the molecule is O=C(NCC[C@H](O)C(=O)O)C1CC2CCC1N2. The first-order valence-electron chi connectivity index (χ1n) is 6.02. The number of hydrogen-bond acceptors (Lipinski definition) is 4. The van der Waals surface area contributed by atoms with E-state index in [1.807, 2.05) is 0 Å². The highest BCUT2D eigenvalue weighted by Gasteiger charge is 2.42. The molecule has 4 atom stereocenters. The van der Waals surface area contributed by atoms with Gasteiger partial charge in [-0.1, -0.05) is 0 Å². The number of carbonyl (C=O) groups is 2. The van der Waals surface area contributed by atoms with E-state index in [4.69, 9.17) is 10.2 Å². The molecule has 6 nitrogen and oxygen atoms in total. The number of hydrogen-bond donors (Lipinski definition) is 4. The molecule has 0 aliphatic carbocycles. The summed E-state index contributed by atoms with van der Waals surface area (Å²) in [6.45, 7) is 0.209. The van der Waals surface area contributed by atoms with E-state index >= 15 is 0 Å². The van der Waals surface area contributed by atoms with Crippen molar-refractivity contribution >= 4 is 11.9 Å². The lowest BCUT2D eigenvalue weighted by atomic mass is 9.88. The van der Waals surface area contributed by atoms with Gasteiger partial charge < -0.3 is 20.8 Å². The Labute approximate surface area is 99.4 Å². The van der Waals surface area contributed by atoms with Gasteiger partial charge in [-0.3, -0.25) is 4.79 Å². The van der Waals surface area contributed by atoms with Crippen LogP contribution in [0.5, 0.6) is 0 Å². The number of rotatable bonds is 5. The molecule has 2 aliphatic rings. The van der Waals surface area contributed by atoms with Gasteiger partial charge in [0.05, 0.1) is 5.92 Å². The topological polar surface area (TPSA) is 98.7 Å². The molecular weight excluding hydrogens is 224 g/mol. The minimum absolute atomic E-state index is 0.00993. The van der Waals surface area contributed by atoms with E-state index < -0.39 is 12.1 Å². The van der Waals surface area contributed by atoms with Crippen LogP contribution in [0.1, 0.15) is 25.7 Å². The van der Waals surface area contributed by atoms with Gasteiger partial charge in [0.25, 0.3) is 0 Å². The number of carboxylic acid groups (broad SMARTS) is 1. The number of fused-ring (bicyclic) bond motifs is 2.